The summed E-state index contributed by atoms with van der Waals surface area (Å²) in [5.74, 6) is 0. The van der Waals surface area contributed by atoms with Gasteiger partial charge in [0.2, 0.25) is 0 Å². The Balaban J connectivity index is 0. The minimum Gasteiger partial charge on any atom is -1.00 e. The summed E-state index contributed by atoms with van der Waals surface area (Å²) in [5, 5.41) is 20.4. The molecule has 0 saturated carbocycles. The van der Waals surface area contributed by atoms with Crippen LogP contribution in [-0.4, -0.2) is 9.97 Å². The topological polar surface area (TPSA) is 71.9 Å². The largest absolute Gasteiger partial charge is 3.00 e. The Morgan fingerprint density at radius 2 is 1.20 bits per heavy atom. The molecule has 6 heteroatoms. The Hall–Kier alpha value is -0.607. The van der Waals surface area contributed by atoms with Gasteiger partial charge in [-0.1, -0.05) is 13.2 Å². The summed E-state index contributed by atoms with van der Waals surface area (Å²) in [7, 11) is 0. The van der Waals surface area contributed by atoms with E-state index in [-0.39, 0.29) is 51.8 Å². The molecule has 0 aliphatic heterocycles. The molecular weight excluding hydrogens is 355 g/mol. The van der Waals surface area contributed by atoms with Crippen molar-refractivity contribution in [3.05, 3.63) is 59.2 Å². The molecule has 0 bridgehead atoms. The summed E-state index contributed by atoms with van der Waals surface area (Å²) in [6.45, 7) is 3.45. The summed E-state index contributed by atoms with van der Waals surface area (Å²) >= 11 is 0. The van der Waals surface area contributed by atoms with Gasteiger partial charge in [0.25, 0.3) is 0 Å². The number of aryl methyl sites for hydroxylation is 2. The van der Waals surface area contributed by atoms with Crippen molar-refractivity contribution in [2.75, 3.05) is 0 Å². The number of aromatic nitrogens is 2. The fraction of sp³-hybridized carbons (Fsp3) is 0.286. The van der Waals surface area contributed by atoms with Crippen LogP contribution in [0.2, 0.25) is 0 Å². The molecule has 0 aliphatic carbocycles. The monoisotopic (exact) mass is 369 g/mol. The van der Waals surface area contributed by atoms with Gasteiger partial charge < -0.3 is 22.6 Å². The van der Waals surface area contributed by atoms with Crippen molar-refractivity contribution in [1.82, 2.24) is 9.97 Å². The maximum absolute atomic E-state index is 10.2. The van der Waals surface area contributed by atoms with Gasteiger partial charge in [-0.15, -0.1) is 0 Å². The molecule has 2 aromatic rings. The fourth-order valence-electron chi connectivity index (χ4n) is 1.36. The Bertz CT molecular complexity index is 453. The molecule has 4 nitrogen and oxygen atoms in total. The van der Waals surface area contributed by atoms with Crippen molar-refractivity contribution < 1.29 is 48.8 Å². The van der Waals surface area contributed by atoms with Crippen molar-refractivity contribution >= 4 is 0 Å². The van der Waals surface area contributed by atoms with E-state index in [2.05, 4.69) is 9.97 Å². The zero-order chi connectivity index (χ0) is 13.4. The van der Waals surface area contributed by atoms with Gasteiger partial charge in [-0.05, 0) is 49.2 Å². The molecule has 0 amide bonds. The molecule has 2 rings (SSSR count). The van der Waals surface area contributed by atoms with E-state index in [1.165, 1.54) is 0 Å². The van der Waals surface area contributed by atoms with Gasteiger partial charge in [0, 0.05) is 23.8 Å². The maximum atomic E-state index is 10.2. The normalized spacial score (nSPS) is 8.60. The molecular formula is C14H16ClN2O2Zr. The molecule has 0 fully saturated rings. The van der Waals surface area contributed by atoms with Crippen LogP contribution in [0.5, 0.6) is 0 Å². The predicted molar refractivity (Wildman–Crippen MR) is 65.4 cm³/mol. The molecule has 0 aliphatic rings. The quantitative estimate of drug-likeness (QED) is 0.586. The van der Waals surface area contributed by atoms with Gasteiger partial charge in [0.1, 0.15) is 0 Å². The smallest absolute Gasteiger partial charge is 1.00 e. The first-order valence-corrected chi connectivity index (χ1v) is 5.65. The molecule has 2 heterocycles. The second kappa shape index (κ2) is 12.2. The van der Waals surface area contributed by atoms with E-state index in [0.717, 1.165) is 11.1 Å². The first-order valence-electron chi connectivity index (χ1n) is 5.65. The van der Waals surface area contributed by atoms with Crippen molar-refractivity contribution in [2.24, 2.45) is 0 Å². The minimum absolute atomic E-state index is 0. The van der Waals surface area contributed by atoms with Crippen LogP contribution in [0.1, 0.15) is 22.5 Å². The average Bonchev–Trinajstić information content (AvgIpc) is 2.39. The number of rotatable bonds is 2. The van der Waals surface area contributed by atoms with Crippen molar-refractivity contribution in [3.8, 4) is 0 Å². The Labute approximate surface area is 144 Å². The molecule has 0 spiro atoms. The molecule has 0 unspecified atom stereocenters. The second-order valence-electron chi connectivity index (χ2n) is 3.94. The molecule has 0 atom stereocenters. The molecule has 1 radical (unpaired) electrons. The van der Waals surface area contributed by atoms with E-state index in [1.807, 2.05) is 26.0 Å². The molecule has 105 valence electrons. The van der Waals surface area contributed by atoms with Gasteiger partial charge in [-0.25, -0.2) is 0 Å². The zero-order valence-corrected chi connectivity index (χ0v) is 14.7. The number of pyridine rings is 2. The van der Waals surface area contributed by atoms with Crippen LogP contribution in [0.4, 0.5) is 0 Å². The molecule has 0 saturated heterocycles. The van der Waals surface area contributed by atoms with Gasteiger partial charge in [0.15, 0.2) is 0 Å². The van der Waals surface area contributed by atoms with Crippen LogP contribution < -0.4 is 22.6 Å². The van der Waals surface area contributed by atoms with E-state index in [9.17, 15) is 10.2 Å². The van der Waals surface area contributed by atoms with Crippen LogP contribution in [0, 0.1) is 13.8 Å². The second-order valence-corrected chi connectivity index (χ2v) is 3.94. The van der Waals surface area contributed by atoms with Crippen molar-refractivity contribution in [3.63, 3.8) is 0 Å². The van der Waals surface area contributed by atoms with E-state index in [1.54, 1.807) is 24.5 Å². The number of hydrogen-bond donors (Lipinski definition) is 0. The predicted octanol–water partition coefficient (Wildman–Crippen LogP) is -2.50. The first kappa shape index (κ1) is 21.7. The van der Waals surface area contributed by atoms with E-state index < -0.39 is 0 Å². The van der Waals surface area contributed by atoms with E-state index in [0.29, 0.717) is 11.4 Å². The molecule has 0 N–H and O–H groups in total. The molecule has 2 aromatic heterocycles. The SMILES string of the molecule is Cc1ccnc(C[O-])c1.Cc1ccnc(C[O-])c1.[Cl-].[Zr+3]. The maximum Gasteiger partial charge on any atom is 3.00 e. The molecule has 0 aromatic carbocycles. The fourth-order valence-corrected chi connectivity index (χ4v) is 1.36. The Morgan fingerprint density at radius 1 is 0.850 bits per heavy atom. The first-order chi connectivity index (χ1) is 8.65. The third kappa shape index (κ3) is 8.54. The number of nitrogens with zero attached hydrogens (tertiary/aromatic N) is 2. The van der Waals surface area contributed by atoms with Crippen molar-refractivity contribution in [1.29, 1.82) is 0 Å². The summed E-state index contributed by atoms with van der Waals surface area (Å²) in [4.78, 5) is 7.69. The van der Waals surface area contributed by atoms with Gasteiger partial charge in [0.05, 0.1) is 0 Å². The third-order valence-electron chi connectivity index (χ3n) is 2.24. The Kier molecular flexibility index (Phi) is 13.2. The van der Waals surface area contributed by atoms with Gasteiger partial charge in [-0.2, -0.15) is 0 Å². The van der Waals surface area contributed by atoms with Crippen LogP contribution in [-0.2, 0) is 39.4 Å². The summed E-state index contributed by atoms with van der Waals surface area (Å²) in [6, 6.07) is 7.35. The number of hydrogen-bond acceptors (Lipinski definition) is 4. The van der Waals surface area contributed by atoms with Crippen molar-refractivity contribution in [2.45, 2.75) is 27.1 Å². The summed E-state index contributed by atoms with van der Waals surface area (Å²) < 4.78 is 0. The molecule has 20 heavy (non-hydrogen) atoms. The summed E-state index contributed by atoms with van der Waals surface area (Å²) in [5.41, 5.74) is 3.43. The zero-order valence-electron chi connectivity index (χ0n) is 11.5. The van der Waals surface area contributed by atoms with Crippen LogP contribution in [0.3, 0.4) is 0 Å². The van der Waals surface area contributed by atoms with Crippen LogP contribution in [0.25, 0.3) is 0 Å². The average molecular weight is 371 g/mol. The van der Waals surface area contributed by atoms with Crippen LogP contribution in [0.15, 0.2) is 36.7 Å². The van der Waals surface area contributed by atoms with Gasteiger partial charge in [-0.3, -0.25) is 9.97 Å². The van der Waals surface area contributed by atoms with E-state index in [4.69, 9.17) is 0 Å². The number of halogens is 1. The Morgan fingerprint density at radius 3 is 1.40 bits per heavy atom. The summed E-state index contributed by atoms with van der Waals surface area (Å²) in [6.07, 6.45) is 3.31. The third-order valence-corrected chi connectivity index (χ3v) is 2.24. The minimum atomic E-state index is -0.221. The van der Waals surface area contributed by atoms with E-state index >= 15 is 0 Å². The standard InChI is InChI=1S/2C7H8NO.ClH.Zr/c2*1-6-2-3-8-7(4-6)5-9;;/h2*2-4H,5H2,1H3;1H;/q2*-1;;+3/p-1. The van der Waals surface area contributed by atoms with Crippen LogP contribution >= 0.6 is 0 Å². The van der Waals surface area contributed by atoms with Gasteiger partial charge >= 0.3 is 26.2 Å².